The van der Waals surface area contributed by atoms with Gasteiger partial charge in [0.25, 0.3) is 0 Å². The quantitative estimate of drug-likeness (QED) is 0.225. The average Bonchev–Trinajstić information content (AvgIpc) is 2.74. The summed E-state index contributed by atoms with van der Waals surface area (Å²) in [5.74, 6) is -1.25. The van der Waals surface area contributed by atoms with Crippen molar-refractivity contribution in [2.24, 2.45) is 5.41 Å². The van der Waals surface area contributed by atoms with Gasteiger partial charge >= 0.3 is 6.09 Å². The van der Waals surface area contributed by atoms with Crippen molar-refractivity contribution in [2.45, 2.75) is 58.7 Å². The van der Waals surface area contributed by atoms with Gasteiger partial charge in [-0.3, -0.25) is 16.1 Å². The van der Waals surface area contributed by atoms with Gasteiger partial charge < -0.3 is 14.7 Å². The smallest absolute Gasteiger partial charge is 0.410 e. The van der Waals surface area contributed by atoms with E-state index in [1.54, 1.807) is 26.3 Å². The van der Waals surface area contributed by atoms with Crippen molar-refractivity contribution in [3.63, 3.8) is 0 Å². The number of halogens is 1. The molecule has 1 aliphatic rings. The Morgan fingerprint density at radius 1 is 1.24 bits per heavy atom. The molecule has 184 valence electrons. The lowest BCUT2D eigenvalue weighted by Gasteiger charge is -2.56. The van der Waals surface area contributed by atoms with Crippen molar-refractivity contribution in [1.29, 1.82) is 5.41 Å². The maximum absolute atomic E-state index is 14.3. The van der Waals surface area contributed by atoms with E-state index in [1.165, 1.54) is 17.2 Å². The number of aromatic nitrogens is 1. The molecule has 34 heavy (non-hydrogen) atoms. The topological polar surface area (TPSA) is 119 Å². The van der Waals surface area contributed by atoms with Crippen LogP contribution in [-0.2, 0) is 10.3 Å². The molecular weight excluding hydrogens is 439 g/mol. The molecule has 0 spiro atoms. The Labute approximate surface area is 199 Å². The molecule has 0 saturated carbocycles. The number of carbonyl (C=O) groups is 1. The summed E-state index contributed by atoms with van der Waals surface area (Å²) in [5, 5.41) is 29.2. The van der Waals surface area contributed by atoms with Crippen LogP contribution >= 0.6 is 0 Å². The summed E-state index contributed by atoms with van der Waals surface area (Å²) in [6, 6.07) is 8.78. The van der Waals surface area contributed by atoms with Crippen molar-refractivity contribution >= 4 is 11.9 Å². The first kappa shape index (κ1) is 25.6. The molecule has 8 nitrogen and oxygen atoms in total. The van der Waals surface area contributed by atoms with Gasteiger partial charge in [0, 0.05) is 30.3 Å². The Morgan fingerprint density at radius 3 is 2.32 bits per heavy atom. The van der Waals surface area contributed by atoms with Crippen molar-refractivity contribution < 1.29 is 24.2 Å². The molecule has 1 fully saturated rings. The maximum atomic E-state index is 14.3. The van der Waals surface area contributed by atoms with Crippen LogP contribution in [0.3, 0.4) is 0 Å². The molecule has 1 unspecified atom stereocenters. The standard InChI is InChI=1S/C25H33FN4O4/c1-15(2)16-7-9-17(10-8-16)25(32,18-11-19(21(27)29-33)20(26)28-12-18)24(6)13-30(14-24)22(31)34-23(3,4)5/h7-12,15,32-33H,13-14H2,1-6H3,(H2,27,29). The summed E-state index contributed by atoms with van der Waals surface area (Å²) in [6.45, 7) is 11.7. The van der Waals surface area contributed by atoms with Gasteiger partial charge in [-0.05, 0) is 43.9 Å². The fourth-order valence-electron chi connectivity index (χ4n) is 4.33. The highest BCUT2D eigenvalue weighted by atomic mass is 19.1. The third kappa shape index (κ3) is 4.63. The van der Waals surface area contributed by atoms with Gasteiger partial charge in [-0.1, -0.05) is 45.0 Å². The third-order valence-corrected chi connectivity index (χ3v) is 6.24. The molecule has 9 heteroatoms. The number of rotatable bonds is 5. The summed E-state index contributed by atoms with van der Waals surface area (Å²) < 4.78 is 19.8. The number of benzene rings is 1. The van der Waals surface area contributed by atoms with E-state index in [9.17, 15) is 14.3 Å². The van der Waals surface area contributed by atoms with E-state index in [-0.39, 0.29) is 24.2 Å². The van der Waals surface area contributed by atoms with E-state index in [0.29, 0.717) is 11.5 Å². The summed E-state index contributed by atoms with van der Waals surface area (Å²) in [7, 11) is 0. The number of hydrogen-bond donors (Lipinski definition) is 4. The second kappa shape index (κ2) is 8.96. The molecule has 1 saturated heterocycles. The first-order valence-corrected chi connectivity index (χ1v) is 11.2. The average molecular weight is 473 g/mol. The van der Waals surface area contributed by atoms with Crippen LogP contribution in [0.1, 0.15) is 69.7 Å². The number of nitrogens with one attached hydrogen (secondary N) is 2. The molecule has 1 atom stereocenters. The zero-order valence-electron chi connectivity index (χ0n) is 20.4. The molecule has 1 aromatic heterocycles. The van der Waals surface area contributed by atoms with E-state index < -0.39 is 34.5 Å². The van der Waals surface area contributed by atoms with Crippen molar-refractivity contribution in [3.8, 4) is 0 Å². The SMILES string of the molecule is CC(C)c1ccc(C(O)(c2cnc(F)c(C(=N)NO)c2)C2(C)CN(C(=O)OC(C)(C)C)C2)cc1. The van der Waals surface area contributed by atoms with Crippen LogP contribution < -0.4 is 5.48 Å². The van der Waals surface area contributed by atoms with Gasteiger partial charge in [-0.15, -0.1) is 0 Å². The minimum Gasteiger partial charge on any atom is -0.444 e. The van der Waals surface area contributed by atoms with Crippen molar-refractivity contribution in [2.75, 3.05) is 13.1 Å². The van der Waals surface area contributed by atoms with E-state index in [0.717, 1.165) is 5.56 Å². The number of ether oxygens (including phenoxy) is 1. The summed E-state index contributed by atoms with van der Waals surface area (Å²) >= 11 is 0. The maximum Gasteiger partial charge on any atom is 0.410 e. The second-order valence-corrected chi connectivity index (χ2v) is 10.4. The molecule has 2 heterocycles. The molecule has 0 bridgehead atoms. The molecule has 1 amide bonds. The van der Waals surface area contributed by atoms with Crippen LogP contribution in [0.5, 0.6) is 0 Å². The van der Waals surface area contributed by atoms with Gasteiger partial charge in [0.05, 0.1) is 5.56 Å². The van der Waals surface area contributed by atoms with Gasteiger partial charge in [-0.25, -0.2) is 9.78 Å². The Kier molecular flexibility index (Phi) is 6.74. The molecule has 1 aliphatic heterocycles. The zero-order chi connectivity index (χ0) is 25.5. The Bertz CT molecular complexity index is 1080. The summed E-state index contributed by atoms with van der Waals surface area (Å²) in [6.07, 6.45) is 0.743. The molecule has 1 aromatic carbocycles. The van der Waals surface area contributed by atoms with Crippen LogP contribution in [0.25, 0.3) is 0 Å². The molecular formula is C25H33FN4O4. The predicted molar refractivity (Wildman–Crippen MR) is 125 cm³/mol. The van der Waals surface area contributed by atoms with Gasteiger partial charge in [0.1, 0.15) is 11.2 Å². The number of hydrogen-bond acceptors (Lipinski definition) is 6. The molecule has 3 rings (SSSR count). The lowest BCUT2D eigenvalue weighted by atomic mass is 9.62. The normalized spacial score (nSPS) is 17.1. The second-order valence-electron chi connectivity index (χ2n) is 10.4. The number of nitrogens with zero attached hydrogens (tertiary/aromatic N) is 2. The Morgan fingerprint density at radius 2 is 1.82 bits per heavy atom. The minimum atomic E-state index is -1.67. The number of aliphatic hydroxyl groups is 1. The number of amides is 1. The van der Waals surface area contributed by atoms with Crippen LogP contribution in [0.2, 0.25) is 0 Å². The van der Waals surface area contributed by atoms with Gasteiger partial charge in [0.2, 0.25) is 5.95 Å². The number of carbonyl (C=O) groups excluding carboxylic acids is 1. The summed E-state index contributed by atoms with van der Waals surface area (Å²) in [4.78, 5) is 17.8. The van der Waals surface area contributed by atoms with Crippen LogP contribution in [0.15, 0.2) is 36.5 Å². The summed E-state index contributed by atoms with van der Waals surface area (Å²) in [5.41, 5.74) is 0.0192. The molecule has 0 radical (unpaired) electrons. The molecule has 4 N–H and O–H groups in total. The van der Waals surface area contributed by atoms with E-state index in [4.69, 9.17) is 15.4 Å². The van der Waals surface area contributed by atoms with Crippen molar-refractivity contribution in [3.05, 3.63) is 64.7 Å². The number of pyridine rings is 1. The fraction of sp³-hybridized carbons (Fsp3) is 0.480. The van der Waals surface area contributed by atoms with E-state index in [1.807, 2.05) is 31.2 Å². The Hall–Kier alpha value is -3.04. The Balaban J connectivity index is 2.07. The lowest BCUT2D eigenvalue weighted by molar-refractivity contribution is -0.131. The highest BCUT2D eigenvalue weighted by Crippen LogP contribution is 2.51. The van der Waals surface area contributed by atoms with Crippen molar-refractivity contribution in [1.82, 2.24) is 15.4 Å². The molecule has 2 aromatic rings. The predicted octanol–water partition coefficient (Wildman–Crippen LogP) is 4.14. The number of likely N-dealkylation sites (tertiary alicyclic amines) is 1. The third-order valence-electron chi connectivity index (χ3n) is 6.24. The lowest BCUT2D eigenvalue weighted by Crippen LogP contribution is -2.66. The van der Waals surface area contributed by atoms with Crippen LogP contribution in [0, 0.1) is 16.8 Å². The monoisotopic (exact) mass is 472 g/mol. The first-order chi connectivity index (χ1) is 15.7. The fourth-order valence-corrected chi connectivity index (χ4v) is 4.33. The molecule has 0 aliphatic carbocycles. The van der Waals surface area contributed by atoms with Crippen LogP contribution in [-0.4, -0.2) is 50.8 Å². The van der Waals surface area contributed by atoms with Gasteiger partial charge in [0.15, 0.2) is 5.84 Å². The van der Waals surface area contributed by atoms with E-state index >= 15 is 0 Å². The minimum absolute atomic E-state index is 0.187. The largest absolute Gasteiger partial charge is 0.444 e. The van der Waals surface area contributed by atoms with E-state index in [2.05, 4.69) is 18.8 Å². The number of amidine groups is 1. The number of hydroxylamine groups is 1. The highest BCUT2D eigenvalue weighted by Gasteiger charge is 2.58. The van der Waals surface area contributed by atoms with Crippen LogP contribution in [0.4, 0.5) is 9.18 Å². The first-order valence-electron chi connectivity index (χ1n) is 11.2. The zero-order valence-corrected chi connectivity index (χ0v) is 20.4. The van der Waals surface area contributed by atoms with Gasteiger partial charge in [-0.2, -0.15) is 4.39 Å². The highest BCUT2D eigenvalue weighted by molar-refractivity contribution is 5.95.